The number of rotatable bonds is 5. The summed E-state index contributed by atoms with van der Waals surface area (Å²) in [5.74, 6) is 0.368. The van der Waals surface area contributed by atoms with E-state index in [2.05, 4.69) is 10.6 Å². The van der Waals surface area contributed by atoms with Gasteiger partial charge in [-0.05, 0) is 50.0 Å². The van der Waals surface area contributed by atoms with Crippen LogP contribution in [-0.2, 0) is 11.2 Å². The van der Waals surface area contributed by atoms with Gasteiger partial charge in [-0.15, -0.1) is 0 Å². The van der Waals surface area contributed by atoms with Gasteiger partial charge in [0.25, 0.3) is 0 Å². The van der Waals surface area contributed by atoms with E-state index in [0.717, 1.165) is 25.1 Å². The predicted molar refractivity (Wildman–Crippen MR) is 68.7 cm³/mol. The fourth-order valence-electron chi connectivity index (χ4n) is 2.11. The van der Waals surface area contributed by atoms with Crippen LogP contribution in [0.25, 0.3) is 0 Å². The van der Waals surface area contributed by atoms with Crippen molar-refractivity contribution in [2.45, 2.75) is 25.8 Å². The lowest BCUT2D eigenvalue weighted by atomic mass is 9.98. The van der Waals surface area contributed by atoms with Crippen LogP contribution in [0, 0.1) is 11.7 Å². The summed E-state index contributed by atoms with van der Waals surface area (Å²) in [6, 6.07) is 6.49. The maximum atomic E-state index is 12.7. The van der Waals surface area contributed by atoms with Crippen LogP contribution in [0.4, 0.5) is 4.39 Å². The van der Waals surface area contributed by atoms with Crippen LogP contribution in [0.5, 0.6) is 0 Å². The maximum absolute atomic E-state index is 12.7. The standard InChI is InChI=1S/C14H19FN2O/c1-10(6-11-2-4-13(15)5-3-11)17-14(18)7-12-8-16-9-12/h2-5,10,12,16H,6-9H2,1H3,(H,17,18). The zero-order valence-corrected chi connectivity index (χ0v) is 10.6. The number of carbonyl (C=O) groups excluding carboxylic acids is 1. The molecule has 0 bridgehead atoms. The van der Waals surface area contributed by atoms with Crippen LogP contribution >= 0.6 is 0 Å². The van der Waals surface area contributed by atoms with Gasteiger partial charge in [0.2, 0.25) is 5.91 Å². The van der Waals surface area contributed by atoms with Gasteiger partial charge >= 0.3 is 0 Å². The number of nitrogens with one attached hydrogen (secondary N) is 2. The van der Waals surface area contributed by atoms with Gasteiger partial charge in [0.05, 0.1) is 0 Å². The average Bonchev–Trinajstić information content (AvgIpc) is 2.27. The largest absolute Gasteiger partial charge is 0.353 e. The Morgan fingerprint density at radius 1 is 1.44 bits per heavy atom. The Kier molecular flexibility index (Phi) is 4.31. The highest BCUT2D eigenvalue weighted by molar-refractivity contribution is 5.76. The highest BCUT2D eigenvalue weighted by Crippen LogP contribution is 2.09. The summed E-state index contributed by atoms with van der Waals surface area (Å²) in [7, 11) is 0. The summed E-state index contributed by atoms with van der Waals surface area (Å²) in [6.07, 6.45) is 1.33. The second-order valence-corrected chi connectivity index (χ2v) is 5.03. The second kappa shape index (κ2) is 5.96. The monoisotopic (exact) mass is 250 g/mol. The van der Waals surface area contributed by atoms with Crippen molar-refractivity contribution >= 4 is 5.91 Å². The van der Waals surface area contributed by atoms with E-state index in [-0.39, 0.29) is 17.8 Å². The first-order chi connectivity index (χ1) is 8.63. The van der Waals surface area contributed by atoms with Gasteiger partial charge in [-0.25, -0.2) is 4.39 Å². The number of amides is 1. The van der Waals surface area contributed by atoms with Crippen molar-refractivity contribution < 1.29 is 9.18 Å². The topological polar surface area (TPSA) is 41.1 Å². The maximum Gasteiger partial charge on any atom is 0.220 e. The smallest absolute Gasteiger partial charge is 0.220 e. The first kappa shape index (κ1) is 13.0. The first-order valence-electron chi connectivity index (χ1n) is 6.38. The molecule has 4 heteroatoms. The van der Waals surface area contributed by atoms with E-state index in [4.69, 9.17) is 0 Å². The average molecular weight is 250 g/mol. The molecule has 1 aliphatic heterocycles. The number of benzene rings is 1. The van der Waals surface area contributed by atoms with Crippen LogP contribution in [-0.4, -0.2) is 25.0 Å². The van der Waals surface area contributed by atoms with Crippen molar-refractivity contribution in [3.05, 3.63) is 35.6 Å². The van der Waals surface area contributed by atoms with Crippen LogP contribution < -0.4 is 10.6 Å². The van der Waals surface area contributed by atoms with E-state index in [1.165, 1.54) is 12.1 Å². The van der Waals surface area contributed by atoms with Crippen LogP contribution in [0.3, 0.4) is 0 Å². The molecule has 98 valence electrons. The van der Waals surface area contributed by atoms with Gasteiger partial charge in [0.15, 0.2) is 0 Å². The lowest BCUT2D eigenvalue weighted by Gasteiger charge is -2.27. The Morgan fingerprint density at radius 3 is 2.67 bits per heavy atom. The van der Waals surface area contributed by atoms with E-state index in [1.807, 2.05) is 6.92 Å². The molecule has 18 heavy (non-hydrogen) atoms. The van der Waals surface area contributed by atoms with Crippen molar-refractivity contribution in [1.29, 1.82) is 0 Å². The normalized spacial score (nSPS) is 17.0. The molecule has 1 saturated heterocycles. The van der Waals surface area contributed by atoms with Gasteiger partial charge < -0.3 is 10.6 Å². The Labute approximate surface area is 107 Å². The van der Waals surface area contributed by atoms with Crippen molar-refractivity contribution in [3.63, 3.8) is 0 Å². The van der Waals surface area contributed by atoms with Crippen molar-refractivity contribution in [3.8, 4) is 0 Å². The highest BCUT2D eigenvalue weighted by atomic mass is 19.1. The summed E-state index contributed by atoms with van der Waals surface area (Å²) in [5.41, 5.74) is 1.04. The fourth-order valence-corrected chi connectivity index (χ4v) is 2.11. The van der Waals surface area contributed by atoms with Crippen LogP contribution in [0.2, 0.25) is 0 Å². The third kappa shape index (κ3) is 3.81. The number of halogens is 1. The van der Waals surface area contributed by atoms with E-state index < -0.39 is 0 Å². The molecule has 1 aliphatic rings. The zero-order valence-electron chi connectivity index (χ0n) is 10.6. The minimum absolute atomic E-state index is 0.0796. The molecular formula is C14H19FN2O. The minimum Gasteiger partial charge on any atom is -0.353 e. The Balaban J connectivity index is 1.75. The molecule has 2 N–H and O–H groups in total. The third-order valence-corrected chi connectivity index (χ3v) is 3.20. The van der Waals surface area contributed by atoms with E-state index in [9.17, 15) is 9.18 Å². The Hall–Kier alpha value is -1.42. The fraction of sp³-hybridized carbons (Fsp3) is 0.500. The van der Waals surface area contributed by atoms with Gasteiger partial charge in [0, 0.05) is 12.5 Å². The molecule has 0 aliphatic carbocycles. The minimum atomic E-state index is -0.229. The Bertz CT molecular complexity index is 401. The molecule has 0 radical (unpaired) electrons. The predicted octanol–water partition coefficient (Wildman–Crippen LogP) is 1.48. The second-order valence-electron chi connectivity index (χ2n) is 5.03. The van der Waals surface area contributed by atoms with Gasteiger partial charge in [0.1, 0.15) is 5.82 Å². The molecule has 0 spiro atoms. The van der Waals surface area contributed by atoms with Crippen LogP contribution in [0.1, 0.15) is 18.9 Å². The summed E-state index contributed by atoms with van der Waals surface area (Å²) in [5, 5.41) is 6.13. The Morgan fingerprint density at radius 2 is 2.11 bits per heavy atom. The molecule has 1 aromatic carbocycles. The number of hydrogen-bond acceptors (Lipinski definition) is 2. The van der Waals surface area contributed by atoms with E-state index in [0.29, 0.717) is 12.3 Å². The number of carbonyl (C=O) groups is 1. The zero-order chi connectivity index (χ0) is 13.0. The first-order valence-corrected chi connectivity index (χ1v) is 6.38. The number of hydrogen-bond donors (Lipinski definition) is 2. The van der Waals surface area contributed by atoms with Crippen LogP contribution in [0.15, 0.2) is 24.3 Å². The van der Waals surface area contributed by atoms with E-state index >= 15 is 0 Å². The van der Waals surface area contributed by atoms with Gasteiger partial charge in [-0.3, -0.25) is 4.79 Å². The molecule has 3 nitrogen and oxygen atoms in total. The summed E-state index contributed by atoms with van der Waals surface area (Å²) in [6.45, 7) is 3.86. The van der Waals surface area contributed by atoms with Crippen molar-refractivity contribution in [2.75, 3.05) is 13.1 Å². The molecular weight excluding hydrogens is 231 g/mol. The summed E-state index contributed by atoms with van der Waals surface area (Å²) < 4.78 is 12.7. The highest BCUT2D eigenvalue weighted by Gasteiger charge is 2.20. The van der Waals surface area contributed by atoms with Gasteiger partial charge in [-0.1, -0.05) is 12.1 Å². The molecule has 1 unspecified atom stereocenters. The molecule has 1 atom stereocenters. The molecule has 0 aromatic heterocycles. The third-order valence-electron chi connectivity index (χ3n) is 3.20. The summed E-state index contributed by atoms with van der Waals surface area (Å²) >= 11 is 0. The molecule has 1 fully saturated rings. The van der Waals surface area contributed by atoms with Crippen molar-refractivity contribution in [1.82, 2.24) is 10.6 Å². The van der Waals surface area contributed by atoms with E-state index in [1.54, 1.807) is 12.1 Å². The lowest BCUT2D eigenvalue weighted by Crippen LogP contribution is -2.45. The molecule has 0 saturated carbocycles. The molecule has 1 heterocycles. The van der Waals surface area contributed by atoms with Gasteiger partial charge in [-0.2, -0.15) is 0 Å². The molecule has 1 amide bonds. The summed E-state index contributed by atoms with van der Waals surface area (Å²) in [4.78, 5) is 11.7. The quantitative estimate of drug-likeness (QED) is 0.831. The molecule has 2 rings (SSSR count). The SMILES string of the molecule is CC(Cc1ccc(F)cc1)NC(=O)CC1CNC1. The lowest BCUT2D eigenvalue weighted by molar-refractivity contribution is -0.122. The van der Waals surface area contributed by atoms with Crippen molar-refractivity contribution in [2.24, 2.45) is 5.92 Å². The molecule has 1 aromatic rings.